The molecule has 0 amide bonds. The lowest BCUT2D eigenvalue weighted by Gasteiger charge is -2.11. The first-order chi connectivity index (χ1) is 9.67. The summed E-state index contributed by atoms with van der Waals surface area (Å²) >= 11 is 0. The van der Waals surface area contributed by atoms with Gasteiger partial charge in [0.15, 0.2) is 0 Å². The van der Waals surface area contributed by atoms with Crippen LogP contribution < -0.4 is 10.1 Å². The first-order valence-corrected chi connectivity index (χ1v) is 7.17. The van der Waals surface area contributed by atoms with Gasteiger partial charge in [0.05, 0.1) is 19.6 Å². The number of esters is 1. The van der Waals surface area contributed by atoms with E-state index in [0.717, 1.165) is 31.7 Å². The Kier molecular flexibility index (Phi) is 7.73. The van der Waals surface area contributed by atoms with E-state index in [1.807, 2.05) is 31.2 Å². The van der Waals surface area contributed by atoms with Crippen LogP contribution in [0.3, 0.4) is 0 Å². The zero-order chi connectivity index (χ0) is 14.8. The van der Waals surface area contributed by atoms with Gasteiger partial charge in [-0.05, 0) is 24.1 Å². The van der Waals surface area contributed by atoms with Crippen molar-refractivity contribution in [3.8, 4) is 5.75 Å². The van der Waals surface area contributed by atoms with E-state index in [9.17, 15) is 4.79 Å². The number of hydrogen-bond acceptors (Lipinski definition) is 4. The van der Waals surface area contributed by atoms with Crippen LogP contribution in [0.2, 0.25) is 0 Å². The van der Waals surface area contributed by atoms with Gasteiger partial charge in [-0.15, -0.1) is 0 Å². The van der Waals surface area contributed by atoms with E-state index in [1.165, 1.54) is 12.7 Å². The Morgan fingerprint density at radius 1 is 1.30 bits per heavy atom. The normalized spacial score (nSPS) is 11.9. The molecular formula is C16H25NO3. The van der Waals surface area contributed by atoms with Gasteiger partial charge in [0.2, 0.25) is 0 Å². The molecule has 0 bridgehead atoms. The molecular weight excluding hydrogens is 254 g/mol. The lowest BCUT2D eigenvalue weighted by molar-refractivity contribution is -0.144. The molecule has 1 atom stereocenters. The summed E-state index contributed by atoms with van der Waals surface area (Å²) in [4.78, 5) is 11.2. The molecule has 0 fully saturated rings. The maximum Gasteiger partial charge on any atom is 0.309 e. The number of hydrogen-bond donors (Lipinski definition) is 1. The number of methoxy groups -OCH3 is 1. The Morgan fingerprint density at radius 3 is 2.60 bits per heavy atom. The highest BCUT2D eigenvalue weighted by Crippen LogP contribution is 2.12. The highest BCUT2D eigenvalue weighted by atomic mass is 16.5. The van der Waals surface area contributed by atoms with Crippen molar-refractivity contribution >= 4 is 5.97 Å². The minimum atomic E-state index is -0.183. The third-order valence-electron chi connectivity index (χ3n) is 3.07. The maximum atomic E-state index is 11.2. The molecule has 1 aromatic rings. The molecule has 0 aliphatic rings. The molecule has 20 heavy (non-hydrogen) atoms. The SMILES string of the molecule is CCCCOc1ccc(CNCC(C)C(=O)OC)cc1. The summed E-state index contributed by atoms with van der Waals surface area (Å²) < 4.78 is 10.3. The van der Waals surface area contributed by atoms with Gasteiger partial charge in [-0.1, -0.05) is 32.4 Å². The predicted octanol–water partition coefficient (Wildman–Crippen LogP) is 2.76. The van der Waals surface area contributed by atoms with Gasteiger partial charge < -0.3 is 14.8 Å². The summed E-state index contributed by atoms with van der Waals surface area (Å²) in [5, 5.41) is 3.25. The van der Waals surface area contributed by atoms with Crippen molar-refractivity contribution in [2.75, 3.05) is 20.3 Å². The minimum Gasteiger partial charge on any atom is -0.494 e. The average molecular weight is 279 g/mol. The van der Waals surface area contributed by atoms with Crippen molar-refractivity contribution in [1.82, 2.24) is 5.32 Å². The molecule has 0 aliphatic heterocycles. The fourth-order valence-corrected chi connectivity index (χ4v) is 1.76. The molecule has 0 radical (unpaired) electrons. The van der Waals surface area contributed by atoms with E-state index in [4.69, 9.17) is 4.74 Å². The van der Waals surface area contributed by atoms with Gasteiger partial charge in [0.25, 0.3) is 0 Å². The van der Waals surface area contributed by atoms with E-state index < -0.39 is 0 Å². The van der Waals surface area contributed by atoms with E-state index in [1.54, 1.807) is 0 Å². The number of ether oxygens (including phenoxy) is 2. The molecule has 1 aromatic carbocycles. The third kappa shape index (κ3) is 6.06. The van der Waals surface area contributed by atoms with Crippen LogP contribution in [0.1, 0.15) is 32.3 Å². The lowest BCUT2D eigenvalue weighted by Crippen LogP contribution is -2.26. The van der Waals surface area contributed by atoms with Gasteiger partial charge in [-0.3, -0.25) is 4.79 Å². The summed E-state index contributed by atoms with van der Waals surface area (Å²) in [6.07, 6.45) is 2.22. The molecule has 0 heterocycles. The summed E-state index contributed by atoms with van der Waals surface area (Å²) in [7, 11) is 1.41. The molecule has 0 saturated carbocycles. The zero-order valence-corrected chi connectivity index (χ0v) is 12.6. The number of rotatable bonds is 9. The van der Waals surface area contributed by atoms with Crippen LogP contribution in [-0.2, 0) is 16.1 Å². The number of carbonyl (C=O) groups excluding carboxylic acids is 1. The number of nitrogens with one attached hydrogen (secondary N) is 1. The van der Waals surface area contributed by atoms with E-state index in [-0.39, 0.29) is 11.9 Å². The molecule has 112 valence electrons. The fraction of sp³-hybridized carbons (Fsp3) is 0.562. The van der Waals surface area contributed by atoms with E-state index in [2.05, 4.69) is 17.0 Å². The van der Waals surface area contributed by atoms with Gasteiger partial charge in [0.1, 0.15) is 5.75 Å². The highest BCUT2D eigenvalue weighted by Gasteiger charge is 2.11. The zero-order valence-electron chi connectivity index (χ0n) is 12.6. The first kappa shape index (κ1) is 16.5. The van der Waals surface area contributed by atoms with Crippen LogP contribution in [0.4, 0.5) is 0 Å². The molecule has 1 N–H and O–H groups in total. The molecule has 4 heteroatoms. The van der Waals surface area contributed by atoms with Crippen LogP contribution in [0.5, 0.6) is 5.75 Å². The van der Waals surface area contributed by atoms with Crippen molar-refractivity contribution in [1.29, 1.82) is 0 Å². The van der Waals surface area contributed by atoms with Crippen molar-refractivity contribution in [3.63, 3.8) is 0 Å². The van der Waals surface area contributed by atoms with Gasteiger partial charge in [0, 0.05) is 13.1 Å². The molecule has 1 unspecified atom stereocenters. The lowest BCUT2D eigenvalue weighted by atomic mass is 10.1. The van der Waals surface area contributed by atoms with Crippen molar-refractivity contribution in [3.05, 3.63) is 29.8 Å². The maximum absolute atomic E-state index is 11.2. The Morgan fingerprint density at radius 2 is 2.00 bits per heavy atom. The molecule has 0 aliphatic carbocycles. The summed E-state index contributed by atoms with van der Waals surface area (Å²) in [6.45, 7) is 6.11. The van der Waals surface area contributed by atoms with E-state index in [0.29, 0.717) is 6.54 Å². The van der Waals surface area contributed by atoms with Crippen LogP contribution in [0, 0.1) is 5.92 Å². The minimum absolute atomic E-state index is 0.128. The standard InChI is InChI=1S/C16H25NO3/c1-4-5-10-20-15-8-6-14(7-9-15)12-17-11-13(2)16(18)19-3/h6-9,13,17H,4-5,10-12H2,1-3H3. The average Bonchev–Trinajstić information content (AvgIpc) is 2.48. The number of unbranched alkanes of at least 4 members (excludes halogenated alkanes) is 1. The number of benzene rings is 1. The third-order valence-corrected chi connectivity index (χ3v) is 3.07. The summed E-state index contributed by atoms with van der Waals surface area (Å²) in [6, 6.07) is 8.04. The van der Waals surface area contributed by atoms with Gasteiger partial charge in [-0.25, -0.2) is 0 Å². The monoisotopic (exact) mass is 279 g/mol. The van der Waals surface area contributed by atoms with Crippen molar-refractivity contribution < 1.29 is 14.3 Å². The Balaban J connectivity index is 2.29. The second-order valence-corrected chi connectivity index (χ2v) is 4.90. The van der Waals surface area contributed by atoms with Crippen molar-refractivity contribution in [2.45, 2.75) is 33.2 Å². The topological polar surface area (TPSA) is 47.6 Å². The second kappa shape index (κ2) is 9.37. The molecule has 0 aromatic heterocycles. The second-order valence-electron chi connectivity index (χ2n) is 4.90. The first-order valence-electron chi connectivity index (χ1n) is 7.17. The summed E-state index contributed by atoms with van der Waals surface area (Å²) in [5.74, 6) is 0.596. The quantitative estimate of drug-likeness (QED) is 0.558. The fourth-order valence-electron chi connectivity index (χ4n) is 1.76. The Hall–Kier alpha value is -1.55. The van der Waals surface area contributed by atoms with Crippen LogP contribution in [0.25, 0.3) is 0 Å². The highest BCUT2D eigenvalue weighted by molar-refractivity contribution is 5.72. The smallest absolute Gasteiger partial charge is 0.309 e. The molecule has 0 spiro atoms. The van der Waals surface area contributed by atoms with Crippen LogP contribution >= 0.6 is 0 Å². The largest absolute Gasteiger partial charge is 0.494 e. The van der Waals surface area contributed by atoms with Crippen molar-refractivity contribution in [2.24, 2.45) is 5.92 Å². The Bertz CT molecular complexity index is 389. The molecule has 1 rings (SSSR count). The van der Waals surface area contributed by atoms with Crippen LogP contribution in [0.15, 0.2) is 24.3 Å². The van der Waals surface area contributed by atoms with E-state index >= 15 is 0 Å². The predicted molar refractivity (Wildman–Crippen MR) is 79.7 cm³/mol. The molecule has 0 saturated heterocycles. The summed E-state index contributed by atoms with van der Waals surface area (Å²) in [5.41, 5.74) is 1.17. The van der Waals surface area contributed by atoms with Gasteiger partial charge in [-0.2, -0.15) is 0 Å². The van der Waals surface area contributed by atoms with Gasteiger partial charge >= 0.3 is 5.97 Å². The van der Waals surface area contributed by atoms with Crippen LogP contribution in [-0.4, -0.2) is 26.2 Å². The number of carbonyl (C=O) groups is 1. The Labute approximate surface area is 121 Å². The molecule has 4 nitrogen and oxygen atoms in total.